The van der Waals surface area contributed by atoms with E-state index < -0.39 is 0 Å². The molecule has 102 valence electrons. The summed E-state index contributed by atoms with van der Waals surface area (Å²) in [5, 5.41) is 4.07. The third kappa shape index (κ3) is 3.79. The van der Waals surface area contributed by atoms with Gasteiger partial charge in [-0.05, 0) is 25.0 Å². The lowest BCUT2D eigenvalue weighted by atomic mass is 10.1. The van der Waals surface area contributed by atoms with Crippen LogP contribution in [0.15, 0.2) is 12.1 Å². The lowest BCUT2D eigenvalue weighted by Crippen LogP contribution is -2.25. The summed E-state index contributed by atoms with van der Waals surface area (Å²) in [7, 11) is 3.20. The number of hydrogen-bond acceptors (Lipinski definition) is 3. The van der Waals surface area contributed by atoms with E-state index in [1.54, 1.807) is 14.2 Å². The zero-order valence-electron chi connectivity index (χ0n) is 11.5. The summed E-state index contributed by atoms with van der Waals surface area (Å²) in [6.45, 7) is 5.10. The van der Waals surface area contributed by atoms with Crippen molar-refractivity contribution in [3.05, 3.63) is 22.7 Å². The van der Waals surface area contributed by atoms with Crippen molar-refractivity contribution < 1.29 is 9.47 Å². The Labute approximate surface area is 114 Å². The molecule has 1 aromatic rings. The molecule has 0 amide bonds. The van der Waals surface area contributed by atoms with Crippen molar-refractivity contribution in [2.45, 2.75) is 39.3 Å². The van der Waals surface area contributed by atoms with E-state index in [-0.39, 0.29) is 0 Å². The third-order valence-electron chi connectivity index (χ3n) is 2.93. The predicted octanol–water partition coefficient (Wildman–Crippen LogP) is 3.64. The van der Waals surface area contributed by atoms with Gasteiger partial charge in [-0.15, -0.1) is 0 Å². The predicted molar refractivity (Wildman–Crippen MR) is 75.8 cm³/mol. The van der Waals surface area contributed by atoms with Crippen LogP contribution >= 0.6 is 11.6 Å². The van der Waals surface area contributed by atoms with Crippen LogP contribution in [0.3, 0.4) is 0 Å². The molecule has 3 nitrogen and oxygen atoms in total. The molecule has 1 N–H and O–H groups in total. The van der Waals surface area contributed by atoms with Crippen LogP contribution in [0.1, 0.15) is 32.3 Å². The van der Waals surface area contributed by atoms with E-state index in [9.17, 15) is 0 Å². The van der Waals surface area contributed by atoms with Gasteiger partial charge < -0.3 is 14.8 Å². The standard InChI is InChI=1S/C14H22ClNO2/c1-5-6-10(2)16-9-11-7-8-12(17-3)14(18-4)13(11)15/h7-8,10,16H,5-6,9H2,1-4H3. The average Bonchev–Trinajstić information content (AvgIpc) is 2.37. The van der Waals surface area contributed by atoms with Crippen molar-refractivity contribution in [2.24, 2.45) is 0 Å². The van der Waals surface area contributed by atoms with Crippen LogP contribution in [0, 0.1) is 0 Å². The normalized spacial score (nSPS) is 12.3. The number of hydrogen-bond donors (Lipinski definition) is 1. The van der Waals surface area contributed by atoms with Gasteiger partial charge >= 0.3 is 0 Å². The summed E-state index contributed by atoms with van der Waals surface area (Å²) in [6.07, 6.45) is 2.33. The highest BCUT2D eigenvalue weighted by Gasteiger charge is 2.13. The molecule has 0 fully saturated rings. The van der Waals surface area contributed by atoms with Gasteiger partial charge in [-0.1, -0.05) is 31.0 Å². The Bertz CT molecular complexity index is 382. The average molecular weight is 272 g/mol. The van der Waals surface area contributed by atoms with Gasteiger partial charge in [0.1, 0.15) is 0 Å². The van der Waals surface area contributed by atoms with Crippen LogP contribution < -0.4 is 14.8 Å². The molecule has 1 aromatic carbocycles. The second-order valence-electron chi connectivity index (χ2n) is 4.34. The highest BCUT2D eigenvalue weighted by atomic mass is 35.5. The molecule has 0 aliphatic rings. The second-order valence-corrected chi connectivity index (χ2v) is 4.72. The maximum absolute atomic E-state index is 6.31. The lowest BCUT2D eigenvalue weighted by molar-refractivity contribution is 0.354. The Kier molecular flexibility index (Phi) is 6.30. The monoisotopic (exact) mass is 271 g/mol. The van der Waals surface area contributed by atoms with Gasteiger partial charge in [-0.2, -0.15) is 0 Å². The maximum atomic E-state index is 6.31. The van der Waals surface area contributed by atoms with Crippen molar-refractivity contribution in [3.8, 4) is 11.5 Å². The van der Waals surface area contributed by atoms with Gasteiger partial charge in [-0.3, -0.25) is 0 Å². The molecule has 0 radical (unpaired) electrons. The molecule has 4 heteroatoms. The molecule has 0 aliphatic carbocycles. The van der Waals surface area contributed by atoms with Crippen LogP contribution in [0.5, 0.6) is 11.5 Å². The lowest BCUT2D eigenvalue weighted by Gasteiger charge is -2.16. The number of ether oxygens (including phenoxy) is 2. The molecule has 0 heterocycles. The van der Waals surface area contributed by atoms with Crippen LogP contribution in [-0.2, 0) is 6.54 Å². The summed E-state index contributed by atoms with van der Waals surface area (Å²) < 4.78 is 10.5. The summed E-state index contributed by atoms with van der Waals surface area (Å²) in [4.78, 5) is 0. The van der Waals surface area contributed by atoms with E-state index in [1.165, 1.54) is 6.42 Å². The van der Waals surface area contributed by atoms with Crippen molar-refractivity contribution in [1.29, 1.82) is 0 Å². The first-order chi connectivity index (χ1) is 8.63. The van der Waals surface area contributed by atoms with Crippen LogP contribution in [0.2, 0.25) is 5.02 Å². The molecule has 0 saturated carbocycles. The summed E-state index contributed by atoms with van der Waals surface area (Å²) in [6, 6.07) is 4.33. The molecule has 0 spiro atoms. The molecule has 1 unspecified atom stereocenters. The van der Waals surface area contributed by atoms with E-state index in [2.05, 4.69) is 19.2 Å². The third-order valence-corrected chi connectivity index (χ3v) is 3.34. The van der Waals surface area contributed by atoms with Gasteiger partial charge in [0.25, 0.3) is 0 Å². The molecule has 1 rings (SSSR count). The maximum Gasteiger partial charge on any atom is 0.179 e. The minimum Gasteiger partial charge on any atom is -0.493 e. The first-order valence-electron chi connectivity index (χ1n) is 6.26. The first-order valence-corrected chi connectivity index (χ1v) is 6.64. The van der Waals surface area contributed by atoms with E-state index in [0.29, 0.717) is 22.6 Å². The van der Waals surface area contributed by atoms with Crippen LogP contribution in [-0.4, -0.2) is 20.3 Å². The molecule has 18 heavy (non-hydrogen) atoms. The largest absolute Gasteiger partial charge is 0.493 e. The van der Waals surface area contributed by atoms with E-state index >= 15 is 0 Å². The summed E-state index contributed by atoms with van der Waals surface area (Å²) in [5.74, 6) is 1.26. The Balaban J connectivity index is 2.78. The zero-order valence-corrected chi connectivity index (χ0v) is 12.3. The van der Waals surface area contributed by atoms with Gasteiger partial charge in [-0.25, -0.2) is 0 Å². The van der Waals surface area contributed by atoms with Gasteiger partial charge in [0.05, 0.1) is 19.2 Å². The minimum absolute atomic E-state index is 0.485. The van der Waals surface area contributed by atoms with Crippen molar-refractivity contribution >= 4 is 11.6 Å². The fourth-order valence-corrected chi connectivity index (χ4v) is 2.19. The molecule has 0 saturated heterocycles. The number of halogens is 1. The smallest absolute Gasteiger partial charge is 0.179 e. The molecule has 0 bridgehead atoms. The highest BCUT2D eigenvalue weighted by molar-refractivity contribution is 6.33. The van der Waals surface area contributed by atoms with Gasteiger partial charge in [0.15, 0.2) is 11.5 Å². The Morgan fingerprint density at radius 2 is 2.00 bits per heavy atom. The molecular weight excluding hydrogens is 250 g/mol. The Morgan fingerprint density at radius 1 is 1.28 bits per heavy atom. The topological polar surface area (TPSA) is 30.5 Å². The van der Waals surface area contributed by atoms with Crippen molar-refractivity contribution in [2.75, 3.05) is 14.2 Å². The Morgan fingerprint density at radius 3 is 2.56 bits per heavy atom. The van der Waals surface area contributed by atoms with E-state index in [4.69, 9.17) is 21.1 Å². The number of rotatable bonds is 7. The molecular formula is C14H22ClNO2. The molecule has 0 aliphatic heterocycles. The quantitative estimate of drug-likeness (QED) is 0.821. The van der Waals surface area contributed by atoms with Gasteiger partial charge in [0.2, 0.25) is 0 Å². The van der Waals surface area contributed by atoms with Gasteiger partial charge in [0, 0.05) is 12.6 Å². The number of methoxy groups -OCH3 is 2. The highest BCUT2D eigenvalue weighted by Crippen LogP contribution is 2.37. The van der Waals surface area contributed by atoms with Crippen molar-refractivity contribution in [1.82, 2.24) is 5.32 Å². The number of benzene rings is 1. The second kappa shape index (κ2) is 7.49. The number of nitrogens with one attached hydrogen (secondary N) is 1. The molecule has 1 atom stereocenters. The SMILES string of the molecule is CCCC(C)NCc1ccc(OC)c(OC)c1Cl. The summed E-state index contributed by atoms with van der Waals surface area (Å²) >= 11 is 6.31. The van der Waals surface area contributed by atoms with E-state index in [1.807, 2.05) is 12.1 Å². The fourth-order valence-electron chi connectivity index (χ4n) is 1.89. The summed E-state index contributed by atoms with van der Waals surface area (Å²) in [5.41, 5.74) is 1.03. The van der Waals surface area contributed by atoms with Crippen LogP contribution in [0.4, 0.5) is 0 Å². The van der Waals surface area contributed by atoms with Crippen LogP contribution in [0.25, 0.3) is 0 Å². The zero-order chi connectivity index (χ0) is 13.5. The minimum atomic E-state index is 0.485. The Hall–Kier alpha value is -0.930. The fraction of sp³-hybridized carbons (Fsp3) is 0.571. The van der Waals surface area contributed by atoms with E-state index in [0.717, 1.165) is 18.5 Å². The molecule has 0 aromatic heterocycles. The first kappa shape index (κ1) is 15.1. The van der Waals surface area contributed by atoms with Crippen molar-refractivity contribution in [3.63, 3.8) is 0 Å².